The first-order valence-electron chi connectivity index (χ1n) is 21.3. The molecular formula is C60H40N2. The van der Waals surface area contributed by atoms with E-state index in [9.17, 15) is 0 Å². The first-order chi connectivity index (χ1) is 30.7. The zero-order valence-electron chi connectivity index (χ0n) is 34.0. The molecule has 2 heteroatoms. The van der Waals surface area contributed by atoms with E-state index in [0.717, 1.165) is 17.1 Å². The minimum atomic E-state index is 1.09. The Balaban J connectivity index is 0.989. The summed E-state index contributed by atoms with van der Waals surface area (Å²) in [5.74, 6) is 0. The predicted molar refractivity (Wildman–Crippen MR) is 264 cm³/mol. The van der Waals surface area contributed by atoms with E-state index >= 15 is 0 Å². The van der Waals surface area contributed by atoms with Crippen molar-refractivity contribution in [2.45, 2.75) is 0 Å². The maximum Gasteiger partial charge on any atom is 0.0547 e. The second kappa shape index (κ2) is 14.8. The molecule has 0 N–H and O–H groups in total. The largest absolute Gasteiger partial charge is 0.315 e. The summed E-state index contributed by atoms with van der Waals surface area (Å²) in [5.41, 5.74) is 15.4. The van der Waals surface area contributed by atoms with Crippen molar-refractivity contribution in [1.82, 2.24) is 4.40 Å². The zero-order valence-corrected chi connectivity index (χ0v) is 34.0. The SMILES string of the molecule is c1ccc(-c2c3c(-c4ccc(N(c5ccc(-c6cccc7ccccc67)cc5)c5ccc(-c6cccc7ccccc67)cc5)cc4)cccc3n3cc4ccccc4cc23)cc1. The Morgan fingerprint density at radius 2 is 0.726 bits per heavy atom. The fourth-order valence-electron chi connectivity index (χ4n) is 9.62. The maximum absolute atomic E-state index is 2.38. The van der Waals surface area contributed by atoms with E-state index in [0.29, 0.717) is 0 Å². The van der Waals surface area contributed by atoms with Gasteiger partial charge in [0.25, 0.3) is 0 Å². The van der Waals surface area contributed by atoms with E-state index in [1.54, 1.807) is 0 Å². The van der Waals surface area contributed by atoms with E-state index in [1.165, 1.54) is 93.2 Å². The van der Waals surface area contributed by atoms with Crippen LogP contribution in [0.15, 0.2) is 243 Å². The summed E-state index contributed by atoms with van der Waals surface area (Å²) in [4.78, 5) is 2.37. The van der Waals surface area contributed by atoms with E-state index < -0.39 is 0 Å². The van der Waals surface area contributed by atoms with Crippen molar-refractivity contribution in [3.63, 3.8) is 0 Å². The number of rotatable bonds is 7. The number of aromatic nitrogens is 1. The van der Waals surface area contributed by atoms with Gasteiger partial charge in [0.1, 0.15) is 0 Å². The molecule has 12 rings (SSSR count). The third kappa shape index (κ3) is 6.04. The highest BCUT2D eigenvalue weighted by Gasteiger charge is 2.20. The third-order valence-electron chi connectivity index (χ3n) is 12.6. The molecule has 2 heterocycles. The average molecular weight is 789 g/mol. The Morgan fingerprint density at radius 1 is 0.290 bits per heavy atom. The van der Waals surface area contributed by atoms with E-state index in [4.69, 9.17) is 0 Å². The van der Waals surface area contributed by atoms with Crippen LogP contribution in [0.5, 0.6) is 0 Å². The molecule has 0 spiro atoms. The van der Waals surface area contributed by atoms with Gasteiger partial charge in [0.05, 0.1) is 11.0 Å². The third-order valence-corrected chi connectivity index (χ3v) is 12.6. The average Bonchev–Trinajstić information content (AvgIpc) is 3.67. The van der Waals surface area contributed by atoms with Gasteiger partial charge >= 0.3 is 0 Å². The summed E-state index contributed by atoms with van der Waals surface area (Å²) in [7, 11) is 0. The molecule has 0 aliphatic carbocycles. The molecule has 290 valence electrons. The molecule has 0 saturated carbocycles. The second-order valence-electron chi connectivity index (χ2n) is 16.1. The Morgan fingerprint density at radius 3 is 1.29 bits per heavy atom. The summed E-state index contributed by atoms with van der Waals surface area (Å²) < 4.78 is 2.38. The molecular weight excluding hydrogens is 749 g/mol. The normalized spacial score (nSPS) is 11.5. The van der Waals surface area contributed by atoms with Crippen molar-refractivity contribution in [3.05, 3.63) is 243 Å². The summed E-state index contributed by atoms with van der Waals surface area (Å²) in [6.45, 7) is 0. The lowest BCUT2D eigenvalue weighted by Gasteiger charge is -2.26. The van der Waals surface area contributed by atoms with Gasteiger partial charge in [0.2, 0.25) is 0 Å². The van der Waals surface area contributed by atoms with Gasteiger partial charge in [-0.1, -0.05) is 188 Å². The van der Waals surface area contributed by atoms with Gasteiger partial charge < -0.3 is 9.30 Å². The van der Waals surface area contributed by atoms with Crippen molar-refractivity contribution in [2.24, 2.45) is 0 Å². The van der Waals surface area contributed by atoms with Crippen LogP contribution in [0.25, 0.3) is 93.2 Å². The Kier molecular flexibility index (Phi) is 8.53. The molecule has 0 unspecified atom stereocenters. The second-order valence-corrected chi connectivity index (χ2v) is 16.1. The molecule has 0 radical (unpaired) electrons. The number of fused-ring (bicyclic) bond motifs is 6. The number of hydrogen-bond acceptors (Lipinski definition) is 1. The lowest BCUT2D eigenvalue weighted by molar-refractivity contribution is 1.28. The van der Waals surface area contributed by atoms with Gasteiger partial charge in [0, 0.05) is 34.2 Å². The Hall–Kier alpha value is -8.20. The van der Waals surface area contributed by atoms with Crippen LogP contribution in [0.1, 0.15) is 0 Å². The molecule has 10 aromatic carbocycles. The summed E-state index contributed by atoms with van der Waals surface area (Å²) in [6, 6.07) is 86.2. The highest BCUT2D eigenvalue weighted by molar-refractivity contribution is 6.14. The van der Waals surface area contributed by atoms with Gasteiger partial charge in [0.15, 0.2) is 0 Å². The van der Waals surface area contributed by atoms with Crippen molar-refractivity contribution in [1.29, 1.82) is 0 Å². The minimum absolute atomic E-state index is 1.09. The lowest BCUT2D eigenvalue weighted by atomic mass is 9.95. The fourth-order valence-corrected chi connectivity index (χ4v) is 9.62. The van der Waals surface area contributed by atoms with E-state index in [2.05, 4.69) is 252 Å². The minimum Gasteiger partial charge on any atom is -0.315 e. The van der Waals surface area contributed by atoms with Crippen LogP contribution in [0.4, 0.5) is 17.1 Å². The van der Waals surface area contributed by atoms with Gasteiger partial charge in [-0.15, -0.1) is 0 Å². The number of hydrogen-bond donors (Lipinski definition) is 0. The number of nitrogens with zero attached hydrogens (tertiary/aromatic N) is 2. The first-order valence-corrected chi connectivity index (χ1v) is 21.3. The molecule has 0 aliphatic rings. The smallest absolute Gasteiger partial charge is 0.0547 e. The molecule has 2 nitrogen and oxygen atoms in total. The maximum atomic E-state index is 2.38. The van der Waals surface area contributed by atoms with Crippen LogP contribution >= 0.6 is 0 Å². The van der Waals surface area contributed by atoms with Crippen LogP contribution in [-0.4, -0.2) is 4.40 Å². The van der Waals surface area contributed by atoms with Gasteiger partial charge in [-0.3, -0.25) is 0 Å². The highest BCUT2D eigenvalue weighted by atomic mass is 15.1. The summed E-state index contributed by atoms with van der Waals surface area (Å²) >= 11 is 0. The molecule has 2 aromatic heterocycles. The number of benzene rings is 10. The Labute approximate surface area is 360 Å². The predicted octanol–water partition coefficient (Wildman–Crippen LogP) is 16.7. The highest BCUT2D eigenvalue weighted by Crippen LogP contribution is 2.44. The van der Waals surface area contributed by atoms with Crippen molar-refractivity contribution >= 4 is 65.8 Å². The molecule has 0 bridgehead atoms. The van der Waals surface area contributed by atoms with Crippen molar-refractivity contribution < 1.29 is 0 Å². The molecule has 0 atom stereocenters. The van der Waals surface area contributed by atoms with Crippen molar-refractivity contribution in [3.8, 4) is 44.5 Å². The quantitative estimate of drug-likeness (QED) is 0.156. The molecule has 62 heavy (non-hydrogen) atoms. The molecule has 0 aliphatic heterocycles. The zero-order chi connectivity index (χ0) is 41.0. The van der Waals surface area contributed by atoms with E-state index in [1.807, 2.05) is 0 Å². The Bertz CT molecular complexity index is 3470. The van der Waals surface area contributed by atoms with Crippen LogP contribution in [0, 0.1) is 0 Å². The van der Waals surface area contributed by atoms with Crippen LogP contribution < -0.4 is 4.90 Å². The fraction of sp³-hybridized carbons (Fsp3) is 0. The summed E-state index contributed by atoms with van der Waals surface area (Å²) in [5, 5.41) is 8.73. The monoisotopic (exact) mass is 788 g/mol. The van der Waals surface area contributed by atoms with Gasteiger partial charge in [-0.25, -0.2) is 0 Å². The molecule has 12 aromatic rings. The van der Waals surface area contributed by atoms with Crippen LogP contribution in [0.3, 0.4) is 0 Å². The first kappa shape index (κ1) is 35.7. The molecule has 0 amide bonds. The molecule has 0 saturated heterocycles. The molecule has 0 fully saturated rings. The van der Waals surface area contributed by atoms with Gasteiger partial charge in [-0.05, 0) is 120 Å². The van der Waals surface area contributed by atoms with Crippen LogP contribution in [0.2, 0.25) is 0 Å². The number of anilines is 3. The lowest BCUT2D eigenvalue weighted by Crippen LogP contribution is -2.09. The van der Waals surface area contributed by atoms with E-state index in [-0.39, 0.29) is 0 Å². The van der Waals surface area contributed by atoms with Crippen molar-refractivity contribution in [2.75, 3.05) is 4.90 Å². The summed E-state index contributed by atoms with van der Waals surface area (Å²) in [6.07, 6.45) is 2.29. The number of pyridine rings is 1. The topological polar surface area (TPSA) is 7.65 Å². The van der Waals surface area contributed by atoms with Gasteiger partial charge in [-0.2, -0.15) is 0 Å². The standard InChI is InChI=1S/C60H40N2/c1-2-15-46(16-3-1)59-58-39-47-17-4-5-18-48(47)40-61(58)57-26-12-25-56(60(57)59)45-31-37-51(38-32-45)62(49-33-27-43(28-34-49)54-23-10-19-41-13-6-8-21-52(41)54)50-35-29-44(30-36-50)55-24-11-20-42-14-7-9-22-53(42)55/h1-40H. The van der Waals surface area contributed by atoms with Crippen LogP contribution in [-0.2, 0) is 0 Å².